The zero-order chi connectivity index (χ0) is 14.5. The summed E-state index contributed by atoms with van der Waals surface area (Å²) in [6.07, 6.45) is 6.24. The van der Waals surface area contributed by atoms with Gasteiger partial charge in [0, 0.05) is 16.6 Å². The molecule has 0 aromatic heterocycles. The maximum Gasteiger partial charge on any atom is 0.0502 e. The van der Waals surface area contributed by atoms with Crippen molar-refractivity contribution in [1.29, 1.82) is 0 Å². The molecule has 0 amide bonds. The number of hydrogen-bond acceptors (Lipinski definition) is 2. The molecule has 20 heavy (non-hydrogen) atoms. The molecule has 1 aromatic rings. The van der Waals surface area contributed by atoms with Gasteiger partial charge < -0.3 is 5.73 Å². The molecule has 1 heterocycles. The molecule has 1 aromatic carbocycles. The third-order valence-corrected chi connectivity index (χ3v) is 5.12. The van der Waals surface area contributed by atoms with E-state index in [2.05, 4.69) is 58.9 Å². The summed E-state index contributed by atoms with van der Waals surface area (Å²) < 4.78 is 1.13. The molecule has 1 aliphatic rings. The van der Waals surface area contributed by atoms with Crippen LogP contribution in [0.5, 0.6) is 0 Å². The molecule has 2 nitrogen and oxygen atoms in total. The van der Waals surface area contributed by atoms with Crippen molar-refractivity contribution in [1.82, 2.24) is 4.90 Å². The van der Waals surface area contributed by atoms with Crippen LogP contribution in [0.2, 0.25) is 0 Å². The maximum absolute atomic E-state index is 6.48. The summed E-state index contributed by atoms with van der Waals surface area (Å²) >= 11 is 3.53. The molecular formula is C17H27BrN2. The molecule has 3 heteroatoms. The first-order chi connectivity index (χ1) is 9.67. The van der Waals surface area contributed by atoms with Crippen LogP contribution in [0.3, 0.4) is 0 Å². The van der Waals surface area contributed by atoms with Gasteiger partial charge in [0.2, 0.25) is 0 Å². The predicted octanol–water partition coefficient (Wildman–Crippen LogP) is 4.49. The van der Waals surface area contributed by atoms with Gasteiger partial charge in [-0.05, 0) is 49.9 Å². The normalized spacial score (nSPS) is 23.5. The Kier molecular flexibility index (Phi) is 6.06. The standard InChI is InChI=1S/C17H27BrN2/c1-3-15-7-5-6-12-20(15)17(16(19)4-2)13-8-10-14(18)11-9-13/h8-11,15-17H,3-7,12,19H2,1-2H3. The van der Waals surface area contributed by atoms with Crippen LogP contribution in [0.4, 0.5) is 0 Å². The molecule has 112 valence electrons. The Labute approximate surface area is 131 Å². The largest absolute Gasteiger partial charge is 0.326 e. The van der Waals surface area contributed by atoms with Crippen LogP contribution in [0.15, 0.2) is 28.7 Å². The number of hydrogen-bond donors (Lipinski definition) is 1. The van der Waals surface area contributed by atoms with Gasteiger partial charge in [-0.15, -0.1) is 0 Å². The highest BCUT2D eigenvalue weighted by Crippen LogP contribution is 2.33. The van der Waals surface area contributed by atoms with Gasteiger partial charge in [-0.2, -0.15) is 0 Å². The third-order valence-electron chi connectivity index (χ3n) is 4.59. The quantitative estimate of drug-likeness (QED) is 0.856. The molecule has 3 unspecified atom stereocenters. The van der Waals surface area contributed by atoms with E-state index in [4.69, 9.17) is 5.73 Å². The summed E-state index contributed by atoms with van der Waals surface area (Å²) in [6.45, 7) is 5.69. The Hall–Kier alpha value is -0.380. The van der Waals surface area contributed by atoms with Gasteiger partial charge in [-0.3, -0.25) is 4.90 Å². The van der Waals surface area contributed by atoms with Gasteiger partial charge >= 0.3 is 0 Å². The second-order valence-electron chi connectivity index (χ2n) is 5.86. The van der Waals surface area contributed by atoms with E-state index >= 15 is 0 Å². The Morgan fingerprint density at radius 3 is 2.55 bits per heavy atom. The van der Waals surface area contributed by atoms with Gasteiger partial charge in [0.15, 0.2) is 0 Å². The molecule has 0 aliphatic carbocycles. The summed E-state index contributed by atoms with van der Waals surface area (Å²) in [5, 5.41) is 0. The summed E-state index contributed by atoms with van der Waals surface area (Å²) in [6, 6.07) is 9.99. The van der Waals surface area contributed by atoms with Gasteiger partial charge in [-0.25, -0.2) is 0 Å². The minimum Gasteiger partial charge on any atom is -0.326 e. The smallest absolute Gasteiger partial charge is 0.0502 e. The first-order valence-corrected chi connectivity index (χ1v) is 8.73. The highest BCUT2D eigenvalue weighted by Gasteiger charge is 2.31. The highest BCUT2D eigenvalue weighted by atomic mass is 79.9. The van der Waals surface area contributed by atoms with E-state index in [1.54, 1.807) is 0 Å². The molecule has 1 fully saturated rings. The zero-order valence-electron chi connectivity index (χ0n) is 12.7. The zero-order valence-corrected chi connectivity index (χ0v) is 14.3. The summed E-state index contributed by atoms with van der Waals surface area (Å²) in [5.74, 6) is 0. The van der Waals surface area contributed by atoms with E-state index in [0.29, 0.717) is 12.1 Å². The molecular weight excluding hydrogens is 312 g/mol. The lowest BCUT2D eigenvalue weighted by Gasteiger charge is -2.43. The molecule has 2 N–H and O–H groups in total. The Bertz CT molecular complexity index is 404. The van der Waals surface area contributed by atoms with Crippen LogP contribution >= 0.6 is 15.9 Å². The fraction of sp³-hybridized carbons (Fsp3) is 0.647. The van der Waals surface area contributed by atoms with Crippen molar-refractivity contribution in [3.63, 3.8) is 0 Å². The molecule has 1 saturated heterocycles. The van der Waals surface area contributed by atoms with E-state index in [1.165, 1.54) is 37.8 Å². The topological polar surface area (TPSA) is 29.3 Å². The molecule has 2 rings (SSSR count). The van der Waals surface area contributed by atoms with Crippen LogP contribution in [0, 0.1) is 0 Å². The van der Waals surface area contributed by atoms with E-state index in [-0.39, 0.29) is 6.04 Å². The average molecular weight is 339 g/mol. The average Bonchev–Trinajstić information content (AvgIpc) is 2.49. The van der Waals surface area contributed by atoms with E-state index in [1.807, 2.05) is 0 Å². The van der Waals surface area contributed by atoms with Crippen LogP contribution in [0.25, 0.3) is 0 Å². The SMILES string of the molecule is CCC(N)C(c1ccc(Br)cc1)N1CCCCC1CC. The molecule has 0 spiro atoms. The van der Waals surface area contributed by atoms with Crippen molar-refractivity contribution < 1.29 is 0 Å². The van der Waals surface area contributed by atoms with Gasteiger partial charge in [0.1, 0.15) is 0 Å². The first kappa shape index (κ1) is 16.0. The van der Waals surface area contributed by atoms with Gasteiger partial charge in [0.25, 0.3) is 0 Å². The molecule has 3 atom stereocenters. The first-order valence-electron chi connectivity index (χ1n) is 7.94. The number of nitrogens with zero attached hydrogens (tertiary/aromatic N) is 1. The minimum atomic E-state index is 0.211. The van der Waals surface area contributed by atoms with Crippen LogP contribution in [0.1, 0.15) is 57.6 Å². The molecule has 1 aliphatic heterocycles. The van der Waals surface area contributed by atoms with Crippen LogP contribution in [-0.4, -0.2) is 23.5 Å². The number of halogens is 1. The Balaban J connectivity index is 2.28. The molecule has 0 saturated carbocycles. The van der Waals surface area contributed by atoms with Crippen molar-refractivity contribution in [3.05, 3.63) is 34.3 Å². The van der Waals surface area contributed by atoms with Crippen molar-refractivity contribution in [2.75, 3.05) is 6.54 Å². The lowest BCUT2D eigenvalue weighted by molar-refractivity contribution is 0.0757. The van der Waals surface area contributed by atoms with Crippen molar-refractivity contribution in [2.24, 2.45) is 5.73 Å². The van der Waals surface area contributed by atoms with Gasteiger partial charge in [-0.1, -0.05) is 48.3 Å². The number of nitrogens with two attached hydrogens (primary N) is 1. The van der Waals surface area contributed by atoms with Crippen molar-refractivity contribution >= 4 is 15.9 Å². The lowest BCUT2D eigenvalue weighted by atomic mass is 9.90. The van der Waals surface area contributed by atoms with E-state index < -0.39 is 0 Å². The van der Waals surface area contributed by atoms with Crippen LogP contribution < -0.4 is 5.73 Å². The van der Waals surface area contributed by atoms with Gasteiger partial charge in [0.05, 0.1) is 6.04 Å². The predicted molar refractivity (Wildman–Crippen MR) is 89.8 cm³/mol. The number of piperidine rings is 1. The number of rotatable bonds is 5. The monoisotopic (exact) mass is 338 g/mol. The molecule has 0 bridgehead atoms. The highest BCUT2D eigenvalue weighted by molar-refractivity contribution is 9.10. The number of likely N-dealkylation sites (tertiary alicyclic amines) is 1. The summed E-state index contributed by atoms with van der Waals surface area (Å²) in [7, 11) is 0. The van der Waals surface area contributed by atoms with E-state index in [0.717, 1.165) is 10.9 Å². The summed E-state index contributed by atoms with van der Waals surface area (Å²) in [4.78, 5) is 2.67. The second-order valence-corrected chi connectivity index (χ2v) is 6.78. The fourth-order valence-corrected chi connectivity index (χ4v) is 3.66. The fourth-order valence-electron chi connectivity index (χ4n) is 3.40. The lowest BCUT2D eigenvalue weighted by Crippen LogP contribution is -2.48. The van der Waals surface area contributed by atoms with Crippen molar-refractivity contribution in [2.45, 2.75) is 64.1 Å². The summed E-state index contributed by atoms with van der Waals surface area (Å²) in [5.41, 5.74) is 7.85. The van der Waals surface area contributed by atoms with Crippen molar-refractivity contribution in [3.8, 4) is 0 Å². The van der Waals surface area contributed by atoms with E-state index in [9.17, 15) is 0 Å². The van der Waals surface area contributed by atoms with Crippen LogP contribution in [-0.2, 0) is 0 Å². The second kappa shape index (κ2) is 7.58. The Morgan fingerprint density at radius 1 is 1.25 bits per heavy atom. The molecule has 0 radical (unpaired) electrons. The number of benzene rings is 1. The minimum absolute atomic E-state index is 0.211. The maximum atomic E-state index is 6.48. The Morgan fingerprint density at radius 2 is 1.95 bits per heavy atom. The third kappa shape index (κ3) is 3.63.